The lowest BCUT2D eigenvalue weighted by molar-refractivity contribution is 0.281. The van der Waals surface area contributed by atoms with Crippen molar-refractivity contribution in [1.82, 2.24) is 9.88 Å². The van der Waals surface area contributed by atoms with Gasteiger partial charge in [0.05, 0.1) is 6.54 Å². The van der Waals surface area contributed by atoms with Crippen molar-refractivity contribution in [2.45, 2.75) is 0 Å². The van der Waals surface area contributed by atoms with Gasteiger partial charge >= 0.3 is 0 Å². The summed E-state index contributed by atoms with van der Waals surface area (Å²) in [5, 5.41) is 3.62. The van der Waals surface area contributed by atoms with Crippen molar-refractivity contribution in [2.75, 3.05) is 32.6 Å². The summed E-state index contributed by atoms with van der Waals surface area (Å²) in [4.78, 5) is 5.88. The van der Waals surface area contributed by atoms with E-state index >= 15 is 0 Å². The number of nitrogens with zero attached hydrogens (tertiary/aromatic N) is 2. The van der Waals surface area contributed by atoms with Crippen LogP contribution in [0.25, 0.3) is 0 Å². The van der Waals surface area contributed by atoms with E-state index in [1.54, 1.807) is 11.1 Å². The monoisotopic (exact) mass is 225 g/mol. The van der Waals surface area contributed by atoms with Crippen LogP contribution in [0.3, 0.4) is 0 Å². The minimum atomic E-state index is 0.498. The van der Waals surface area contributed by atoms with Crippen LogP contribution in [0.4, 0.5) is 5.82 Å². The summed E-state index contributed by atoms with van der Waals surface area (Å²) in [6, 6.07) is 5.72. The highest BCUT2D eigenvalue weighted by Gasteiger charge is 1.98. The Morgan fingerprint density at radius 1 is 1.53 bits per heavy atom. The molecule has 0 fully saturated rings. The summed E-state index contributed by atoms with van der Waals surface area (Å²) in [6.07, 6.45) is 1.74. The van der Waals surface area contributed by atoms with Crippen molar-refractivity contribution in [3.8, 4) is 0 Å². The maximum atomic E-state index is 5.29. The molecule has 0 aliphatic carbocycles. The van der Waals surface area contributed by atoms with E-state index in [1.165, 1.54) is 0 Å². The molecule has 1 aromatic heterocycles. The Balaban J connectivity index is 2.15. The lowest BCUT2D eigenvalue weighted by atomic mass is 10.4. The van der Waals surface area contributed by atoms with Gasteiger partial charge in [-0.3, -0.25) is 0 Å². The predicted molar refractivity (Wildman–Crippen MR) is 65.0 cm³/mol. The molecule has 5 heteroatoms. The molecule has 1 aromatic rings. The second-order valence-corrected chi connectivity index (χ2v) is 3.50. The molecule has 0 atom stereocenters. The van der Waals surface area contributed by atoms with Crippen molar-refractivity contribution in [2.24, 2.45) is 0 Å². The Morgan fingerprint density at radius 3 is 2.93 bits per heavy atom. The lowest BCUT2D eigenvalue weighted by Gasteiger charge is -2.14. The molecular weight excluding hydrogens is 210 g/mol. The highest BCUT2D eigenvalue weighted by atomic mass is 32.1. The van der Waals surface area contributed by atoms with Crippen LogP contribution in [0.15, 0.2) is 24.4 Å². The average molecular weight is 225 g/mol. The molecule has 1 rings (SSSR count). The Kier molecular flexibility index (Phi) is 4.83. The van der Waals surface area contributed by atoms with Gasteiger partial charge in [-0.05, 0) is 24.4 Å². The normalized spacial score (nSPS) is 9.47. The van der Waals surface area contributed by atoms with Crippen molar-refractivity contribution < 1.29 is 4.74 Å². The quantitative estimate of drug-likeness (QED) is 0.618. The number of thiocarbonyl (C=S) groups is 1. The Bertz CT molecular complexity index is 303. The van der Waals surface area contributed by atoms with Crippen molar-refractivity contribution in [3.05, 3.63) is 24.4 Å². The first kappa shape index (κ1) is 11.7. The fourth-order valence-electron chi connectivity index (χ4n) is 0.914. The molecule has 1 N–H and O–H groups in total. The van der Waals surface area contributed by atoms with Gasteiger partial charge in [0.25, 0.3) is 5.17 Å². The molecule has 0 aromatic carbocycles. The minimum Gasteiger partial charge on any atom is -0.469 e. The molecule has 0 bridgehead atoms. The summed E-state index contributed by atoms with van der Waals surface area (Å²) < 4.78 is 5.29. The number of rotatable bonds is 4. The van der Waals surface area contributed by atoms with Crippen molar-refractivity contribution >= 4 is 23.2 Å². The van der Waals surface area contributed by atoms with Crippen LogP contribution >= 0.6 is 12.2 Å². The van der Waals surface area contributed by atoms with E-state index in [1.807, 2.05) is 32.3 Å². The molecule has 15 heavy (non-hydrogen) atoms. The Labute approximate surface area is 95.3 Å². The van der Waals surface area contributed by atoms with Crippen molar-refractivity contribution in [3.63, 3.8) is 0 Å². The Morgan fingerprint density at radius 2 is 2.33 bits per heavy atom. The van der Waals surface area contributed by atoms with Crippen LogP contribution in [-0.4, -0.2) is 42.3 Å². The maximum Gasteiger partial charge on any atom is 0.258 e. The molecule has 0 aliphatic rings. The number of anilines is 1. The molecule has 0 amide bonds. The van der Waals surface area contributed by atoms with Crippen LogP contribution in [-0.2, 0) is 4.74 Å². The largest absolute Gasteiger partial charge is 0.469 e. The zero-order valence-electron chi connectivity index (χ0n) is 8.93. The topological polar surface area (TPSA) is 37.4 Å². The van der Waals surface area contributed by atoms with Gasteiger partial charge in [0, 0.05) is 20.3 Å². The molecular formula is C10H15N3OS. The van der Waals surface area contributed by atoms with Gasteiger partial charge in [-0.15, -0.1) is 0 Å². The van der Waals surface area contributed by atoms with Crippen molar-refractivity contribution in [1.29, 1.82) is 0 Å². The molecule has 1 heterocycles. The van der Waals surface area contributed by atoms with Gasteiger partial charge in [0.2, 0.25) is 0 Å². The fourth-order valence-corrected chi connectivity index (χ4v) is 0.997. The summed E-state index contributed by atoms with van der Waals surface area (Å²) in [5.74, 6) is 0.844. The average Bonchev–Trinajstić information content (AvgIpc) is 2.25. The zero-order chi connectivity index (χ0) is 11.1. The second-order valence-electron chi connectivity index (χ2n) is 3.15. The predicted octanol–water partition coefficient (Wildman–Crippen LogP) is 1.36. The van der Waals surface area contributed by atoms with E-state index < -0.39 is 0 Å². The van der Waals surface area contributed by atoms with Gasteiger partial charge in [-0.25, -0.2) is 4.98 Å². The van der Waals surface area contributed by atoms with Crippen LogP contribution in [0, 0.1) is 0 Å². The van der Waals surface area contributed by atoms with Gasteiger partial charge in [-0.1, -0.05) is 6.07 Å². The highest BCUT2D eigenvalue weighted by molar-refractivity contribution is 7.80. The first-order valence-electron chi connectivity index (χ1n) is 4.69. The zero-order valence-corrected chi connectivity index (χ0v) is 9.75. The minimum absolute atomic E-state index is 0.498. The van der Waals surface area contributed by atoms with Gasteiger partial charge in [-0.2, -0.15) is 0 Å². The maximum absolute atomic E-state index is 5.29. The molecule has 0 saturated carbocycles. The van der Waals surface area contributed by atoms with E-state index in [4.69, 9.17) is 17.0 Å². The molecule has 82 valence electrons. The third-order valence-corrected chi connectivity index (χ3v) is 2.15. The summed E-state index contributed by atoms with van der Waals surface area (Å²) in [5.41, 5.74) is 0. The van der Waals surface area contributed by atoms with Crippen LogP contribution < -0.4 is 5.32 Å². The number of hydrogen-bond acceptors (Lipinski definition) is 4. The van der Waals surface area contributed by atoms with E-state index in [9.17, 15) is 0 Å². The van der Waals surface area contributed by atoms with E-state index in [-0.39, 0.29) is 0 Å². The Hall–Kier alpha value is -1.36. The molecule has 0 radical (unpaired) electrons. The molecule has 0 saturated heterocycles. The van der Waals surface area contributed by atoms with E-state index in [0.717, 1.165) is 5.82 Å². The van der Waals surface area contributed by atoms with Gasteiger partial charge in [0.1, 0.15) is 12.4 Å². The third-order valence-electron chi connectivity index (χ3n) is 1.66. The SMILES string of the molecule is CN(C)C(=S)OCCNc1ccccn1. The third kappa shape index (κ3) is 4.60. The van der Waals surface area contributed by atoms with Gasteiger partial charge < -0.3 is 15.0 Å². The number of hydrogen-bond donors (Lipinski definition) is 1. The van der Waals surface area contributed by atoms with E-state index in [0.29, 0.717) is 18.3 Å². The lowest BCUT2D eigenvalue weighted by Crippen LogP contribution is -2.24. The highest BCUT2D eigenvalue weighted by Crippen LogP contribution is 1.98. The van der Waals surface area contributed by atoms with Crippen LogP contribution in [0.5, 0.6) is 0 Å². The van der Waals surface area contributed by atoms with Crippen LogP contribution in [0.2, 0.25) is 0 Å². The molecule has 4 nitrogen and oxygen atoms in total. The summed E-state index contributed by atoms with van der Waals surface area (Å²) in [6.45, 7) is 1.22. The first-order valence-corrected chi connectivity index (χ1v) is 5.10. The second kappa shape index (κ2) is 6.19. The molecule has 0 unspecified atom stereocenters. The molecule has 0 spiro atoms. The van der Waals surface area contributed by atoms with Gasteiger partial charge in [0.15, 0.2) is 0 Å². The number of aromatic nitrogens is 1. The van der Waals surface area contributed by atoms with Crippen LogP contribution in [0.1, 0.15) is 0 Å². The smallest absolute Gasteiger partial charge is 0.258 e. The summed E-state index contributed by atoms with van der Waals surface area (Å²) >= 11 is 4.97. The van der Waals surface area contributed by atoms with E-state index in [2.05, 4.69) is 10.3 Å². The summed E-state index contributed by atoms with van der Waals surface area (Å²) in [7, 11) is 3.71. The first-order chi connectivity index (χ1) is 7.20. The molecule has 0 aliphatic heterocycles. The number of nitrogens with one attached hydrogen (secondary N) is 1. The number of pyridine rings is 1. The fraction of sp³-hybridized carbons (Fsp3) is 0.400. The number of ether oxygens (including phenoxy) is 1. The standard InChI is InChI=1S/C10H15N3OS/c1-13(2)10(15)14-8-7-12-9-5-3-4-6-11-9/h3-6H,7-8H2,1-2H3,(H,11,12).